The van der Waals surface area contributed by atoms with Crippen molar-refractivity contribution >= 4 is 21.4 Å². The van der Waals surface area contributed by atoms with Gasteiger partial charge in [0.2, 0.25) is 10.0 Å². The van der Waals surface area contributed by atoms with Crippen LogP contribution in [0.4, 0.5) is 11.4 Å². The van der Waals surface area contributed by atoms with Crippen LogP contribution in [0.25, 0.3) is 11.1 Å². The van der Waals surface area contributed by atoms with Gasteiger partial charge in [0.1, 0.15) is 0 Å². The molecule has 1 aromatic heterocycles. The number of pyridine rings is 1. The van der Waals surface area contributed by atoms with E-state index in [1.165, 1.54) is 4.57 Å². The van der Waals surface area contributed by atoms with Crippen LogP contribution in [0, 0.1) is 6.92 Å². The van der Waals surface area contributed by atoms with Crippen LogP contribution < -0.4 is 15.6 Å². The zero-order valence-corrected chi connectivity index (χ0v) is 15.9. The summed E-state index contributed by atoms with van der Waals surface area (Å²) in [5.41, 5.74) is 3.58. The highest BCUT2D eigenvalue weighted by atomic mass is 32.2. The molecule has 2 N–H and O–H groups in total. The van der Waals surface area contributed by atoms with Crippen LogP contribution in [-0.4, -0.2) is 38.5 Å². The second-order valence-electron chi connectivity index (χ2n) is 6.67. The van der Waals surface area contributed by atoms with Gasteiger partial charge in [-0.3, -0.25) is 9.52 Å². The summed E-state index contributed by atoms with van der Waals surface area (Å²) < 4.78 is 32.6. The standard InChI is InChI=1S/C18H23N3O4S/c1-12-8-13(10-21(2)18(12)22)16-9-14(20-26(3,23)24)4-5-17(16)19-15-6-7-25-11-15/h4-5,8-10,15,19-20H,6-7,11H2,1-3H3. The molecule has 1 aliphatic rings. The van der Waals surface area contributed by atoms with Gasteiger partial charge in [-0.25, -0.2) is 8.42 Å². The molecule has 1 aromatic carbocycles. The molecule has 1 atom stereocenters. The molecule has 0 amide bonds. The highest BCUT2D eigenvalue weighted by Gasteiger charge is 2.18. The number of benzene rings is 1. The van der Waals surface area contributed by atoms with E-state index in [-0.39, 0.29) is 11.6 Å². The van der Waals surface area contributed by atoms with Gasteiger partial charge in [-0.15, -0.1) is 0 Å². The van der Waals surface area contributed by atoms with Crippen molar-refractivity contribution in [3.05, 3.63) is 46.4 Å². The fourth-order valence-corrected chi connectivity index (χ4v) is 3.63. The number of hydrogen-bond acceptors (Lipinski definition) is 5. The van der Waals surface area contributed by atoms with Gasteiger partial charge in [0.05, 0.1) is 18.9 Å². The van der Waals surface area contributed by atoms with Gasteiger partial charge in [0.25, 0.3) is 5.56 Å². The summed E-state index contributed by atoms with van der Waals surface area (Å²) in [5, 5.41) is 3.46. The largest absolute Gasteiger partial charge is 0.379 e. The third-order valence-electron chi connectivity index (χ3n) is 4.29. The highest BCUT2D eigenvalue weighted by Crippen LogP contribution is 2.32. The van der Waals surface area contributed by atoms with Gasteiger partial charge in [0.15, 0.2) is 0 Å². The smallest absolute Gasteiger partial charge is 0.253 e. The molecular weight excluding hydrogens is 354 g/mol. The monoisotopic (exact) mass is 377 g/mol. The summed E-state index contributed by atoms with van der Waals surface area (Å²) in [6.45, 7) is 3.12. The molecule has 1 saturated heterocycles. The van der Waals surface area contributed by atoms with Gasteiger partial charge in [0, 0.05) is 47.9 Å². The lowest BCUT2D eigenvalue weighted by Crippen LogP contribution is -2.20. The SMILES string of the molecule is Cc1cc(-c2cc(NS(C)(=O)=O)ccc2NC2CCOC2)cn(C)c1=O. The number of rotatable bonds is 5. The molecule has 0 bridgehead atoms. The molecule has 3 rings (SSSR count). The molecule has 0 spiro atoms. The maximum Gasteiger partial charge on any atom is 0.253 e. The average molecular weight is 377 g/mol. The van der Waals surface area contributed by atoms with Crippen LogP contribution >= 0.6 is 0 Å². The minimum absolute atomic E-state index is 0.0575. The first-order chi connectivity index (χ1) is 12.2. The Morgan fingerprint density at radius 2 is 2.04 bits per heavy atom. The van der Waals surface area contributed by atoms with Crippen molar-refractivity contribution in [1.82, 2.24) is 4.57 Å². The van der Waals surface area contributed by atoms with Crippen LogP contribution in [0.5, 0.6) is 0 Å². The van der Waals surface area contributed by atoms with Crippen molar-refractivity contribution in [2.45, 2.75) is 19.4 Å². The molecule has 1 fully saturated rings. The Bertz CT molecular complexity index is 950. The lowest BCUT2D eigenvalue weighted by molar-refractivity contribution is 0.195. The summed E-state index contributed by atoms with van der Waals surface area (Å²) >= 11 is 0. The number of aromatic nitrogens is 1. The van der Waals surface area contributed by atoms with E-state index in [4.69, 9.17) is 4.74 Å². The maximum absolute atomic E-state index is 12.0. The number of nitrogens with one attached hydrogen (secondary N) is 2. The molecule has 8 heteroatoms. The molecule has 140 valence electrons. The Balaban J connectivity index is 2.08. The van der Waals surface area contributed by atoms with Crippen molar-refractivity contribution in [3.8, 4) is 11.1 Å². The van der Waals surface area contributed by atoms with Crippen molar-refractivity contribution in [1.29, 1.82) is 0 Å². The quantitative estimate of drug-likeness (QED) is 0.831. The van der Waals surface area contributed by atoms with Crippen LogP contribution in [-0.2, 0) is 21.8 Å². The first-order valence-electron chi connectivity index (χ1n) is 8.37. The number of ether oxygens (including phenoxy) is 1. The topological polar surface area (TPSA) is 89.4 Å². The lowest BCUT2D eigenvalue weighted by Gasteiger charge is -2.18. The number of aryl methyl sites for hydroxylation is 2. The average Bonchev–Trinajstić information content (AvgIpc) is 3.05. The molecule has 7 nitrogen and oxygen atoms in total. The predicted molar refractivity (Wildman–Crippen MR) is 103 cm³/mol. The van der Waals surface area contributed by atoms with E-state index in [1.54, 1.807) is 32.3 Å². The number of sulfonamides is 1. The van der Waals surface area contributed by atoms with Crippen molar-refractivity contribution in [2.24, 2.45) is 7.05 Å². The Labute approximate surface area is 153 Å². The second kappa shape index (κ2) is 7.13. The zero-order valence-electron chi connectivity index (χ0n) is 15.1. The molecule has 1 unspecified atom stereocenters. The number of anilines is 2. The summed E-state index contributed by atoms with van der Waals surface area (Å²) in [6.07, 6.45) is 3.78. The van der Waals surface area contributed by atoms with Gasteiger partial charge >= 0.3 is 0 Å². The van der Waals surface area contributed by atoms with Crippen molar-refractivity contribution in [2.75, 3.05) is 29.5 Å². The zero-order chi connectivity index (χ0) is 18.9. The van der Waals surface area contributed by atoms with Gasteiger partial charge in [-0.1, -0.05) is 0 Å². The van der Waals surface area contributed by atoms with Crippen molar-refractivity contribution in [3.63, 3.8) is 0 Å². The Hall–Kier alpha value is -2.32. The number of hydrogen-bond donors (Lipinski definition) is 2. The molecule has 0 saturated carbocycles. The predicted octanol–water partition coefficient (Wildman–Crippen LogP) is 1.93. The lowest BCUT2D eigenvalue weighted by atomic mass is 10.0. The third kappa shape index (κ3) is 4.25. The highest BCUT2D eigenvalue weighted by molar-refractivity contribution is 7.92. The van der Waals surface area contributed by atoms with Gasteiger partial charge in [-0.05, 0) is 37.6 Å². The van der Waals surface area contributed by atoms with E-state index in [2.05, 4.69) is 10.0 Å². The molecule has 0 aliphatic carbocycles. The first kappa shape index (κ1) is 18.5. The molecular formula is C18H23N3O4S. The molecule has 1 aliphatic heterocycles. The maximum atomic E-state index is 12.0. The van der Waals surface area contributed by atoms with E-state index in [0.29, 0.717) is 17.9 Å². The van der Waals surface area contributed by atoms with Crippen LogP contribution in [0.1, 0.15) is 12.0 Å². The molecule has 0 radical (unpaired) electrons. The van der Waals surface area contributed by atoms with Gasteiger partial charge in [-0.2, -0.15) is 0 Å². The summed E-state index contributed by atoms with van der Waals surface area (Å²) in [7, 11) is -1.68. The molecule has 2 heterocycles. The van der Waals surface area contributed by atoms with E-state index < -0.39 is 10.0 Å². The molecule has 2 aromatic rings. The Morgan fingerprint density at radius 3 is 2.65 bits per heavy atom. The van der Waals surface area contributed by atoms with E-state index in [0.717, 1.165) is 36.1 Å². The van der Waals surface area contributed by atoms with Crippen LogP contribution in [0.15, 0.2) is 35.3 Å². The third-order valence-corrected chi connectivity index (χ3v) is 4.89. The minimum Gasteiger partial charge on any atom is -0.379 e. The normalized spacial score (nSPS) is 17.3. The van der Waals surface area contributed by atoms with Crippen LogP contribution in [0.2, 0.25) is 0 Å². The molecule has 26 heavy (non-hydrogen) atoms. The minimum atomic E-state index is -3.38. The summed E-state index contributed by atoms with van der Waals surface area (Å²) in [6, 6.07) is 7.37. The Morgan fingerprint density at radius 1 is 1.27 bits per heavy atom. The fourth-order valence-electron chi connectivity index (χ4n) is 3.08. The number of nitrogens with zero attached hydrogens (tertiary/aromatic N) is 1. The Kier molecular flexibility index (Phi) is 5.06. The van der Waals surface area contributed by atoms with Gasteiger partial charge < -0.3 is 14.6 Å². The second-order valence-corrected chi connectivity index (χ2v) is 8.42. The van der Waals surface area contributed by atoms with Crippen molar-refractivity contribution < 1.29 is 13.2 Å². The van der Waals surface area contributed by atoms with E-state index >= 15 is 0 Å². The summed E-state index contributed by atoms with van der Waals surface area (Å²) in [4.78, 5) is 12.0. The summed E-state index contributed by atoms with van der Waals surface area (Å²) in [5.74, 6) is 0. The van der Waals surface area contributed by atoms with E-state index in [9.17, 15) is 13.2 Å². The van der Waals surface area contributed by atoms with E-state index in [1.807, 2.05) is 12.1 Å². The first-order valence-corrected chi connectivity index (χ1v) is 10.3. The fraction of sp³-hybridized carbons (Fsp3) is 0.389. The van der Waals surface area contributed by atoms with Crippen LogP contribution in [0.3, 0.4) is 0 Å².